The summed E-state index contributed by atoms with van der Waals surface area (Å²) in [5.74, 6) is 0. The molecule has 27 heavy (non-hydrogen) atoms. The predicted octanol–water partition coefficient (Wildman–Crippen LogP) is 8.09. The van der Waals surface area contributed by atoms with Crippen LogP contribution >= 0.6 is 15.9 Å². The first-order chi connectivity index (χ1) is 20.4. The number of benzene rings is 5. The summed E-state index contributed by atoms with van der Waals surface area (Å²) in [6, 6.07) is -12.9. The van der Waals surface area contributed by atoms with Gasteiger partial charge in [-0.15, -0.1) is 0 Å². The van der Waals surface area contributed by atoms with Crippen LogP contribution in [0.25, 0.3) is 43.8 Å². The smallest absolute Gasteiger partial charge is 0.0622 e. The Morgan fingerprint density at radius 1 is 0.481 bits per heavy atom. The first kappa shape index (κ1) is 6.32. The van der Waals surface area contributed by atoms with E-state index in [9.17, 15) is 0 Å². The summed E-state index contributed by atoms with van der Waals surface area (Å²) in [4.78, 5) is 0. The monoisotopic (exact) mass is 425 g/mol. The minimum Gasteiger partial charge on any atom is -0.0622 e. The van der Waals surface area contributed by atoms with Gasteiger partial charge in [0.25, 0.3) is 0 Å². The Morgan fingerprint density at radius 2 is 0.926 bits per heavy atom. The fraction of sp³-hybridized carbons (Fsp3) is 0. The lowest BCUT2D eigenvalue weighted by atomic mass is 9.88. The number of hydrogen-bond acceptors (Lipinski definition) is 0. The van der Waals surface area contributed by atoms with Crippen LogP contribution in [0.2, 0.25) is 0 Å². The highest BCUT2D eigenvalue weighted by Crippen LogP contribution is 2.44. The number of hydrogen-bond donors (Lipinski definition) is 0. The Bertz CT molecular complexity index is 2050. The van der Waals surface area contributed by atoms with Crippen molar-refractivity contribution in [1.82, 2.24) is 0 Å². The van der Waals surface area contributed by atoms with Crippen molar-refractivity contribution in [2.75, 3.05) is 0 Å². The second-order valence-corrected chi connectivity index (χ2v) is 6.23. The highest BCUT2D eigenvalue weighted by molar-refractivity contribution is 9.10. The molecule has 0 bridgehead atoms. The van der Waals surface area contributed by atoms with E-state index in [4.69, 9.17) is 23.3 Å². The summed E-state index contributed by atoms with van der Waals surface area (Å²) < 4.78 is 144. The van der Waals surface area contributed by atoms with Crippen molar-refractivity contribution in [2.24, 2.45) is 0 Å². The van der Waals surface area contributed by atoms with Crippen LogP contribution in [0.15, 0.2) is 107 Å². The Hall–Kier alpha value is -2.90. The molecule has 0 atom stereocenters. The standard InChI is InChI=1S/C26H17Br/c27-26-23-16-8-6-14-21(23)25(22-15-7-9-17-24(22)26)20-13-5-4-12-19(20)18-10-2-1-3-11-18/h1-17H/i1D,2D,3D,4D,5D,6D,7D,8D,9D,10D,11D,12D,13D,14D,15D,16D,17D. The third-order valence-electron chi connectivity index (χ3n) is 4.00. The third kappa shape index (κ3) is 2.67. The van der Waals surface area contributed by atoms with Gasteiger partial charge in [-0.25, -0.2) is 0 Å². The van der Waals surface area contributed by atoms with E-state index in [1.807, 2.05) is 0 Å². The van der Waals surface area contributed by atoms with Crippen LogP contribution in [-0.4, -0.2) is 0 Å². The van der Waals surface area contributed by atoms with E-state index in [0.29, 0.717) is 0 Å². The van der Waals surface area contributed by atoms with Gasteiger partial charge >= 0.3 is 0 Å². The van der Waals surface area contributed by atoms with E-state index in [1.54, 1.807) is 0 Å². The Labute approximate surface area is 191 Å². The zero-order valence-electron chi connectivity index (χ0n) is 30.4. The van der Waals surface area contributed by atoms with Crippen molar-refractivity contribution in [3.05, 3.63) is 107 Å². The Kier molecular flexibility index (Phi) is 1.56. The van der Waals surface area contributed by atoms with Gasteiger partial charge in [0.15, 0.2) is 0 Å². The van der Waals surface area contributed by atoms with Crippen molar-refractivity contribution in [3.8, 4) is 22.3 Å². The molecule has 0 fully saturated rings. The lowest BCUT2D eigenvalue weighted by molar-refractivity contribution is 1.61. The van der Waals surface area contributed by atoms with Gasteiger partial charge in [0.2, 0.25) is 0 Å². The van der Waals surface area contributed by atoms with E-state index < -0.39 is 125 Å². The zero-order valence-corrected chi connectivity index (χ0v) is 15.0. The molecule has 0 aliphatic heterocycles. The molecule has 1 heteroatoms. The fourth-order valence-electron chi connectivity index (χ4n) is 2.89. The average molecular weight is 426 g/mol. The molecule has 5 rings (SSSR count). The molecule has 0 aliphatic rings. The van der Waals surface area contributed by atoms with Crippen molar-refractivity contribution >= 4 is 37.5 Å². The summed E-state index contributed by atoms with van der Waals surface area (Å²) in [6.07, 6.45) is 0. The molecule has 0 unspecified atom stereocenters. The molecule has 128 valence electrons. The summed E-state index contributed by atoms with van der Waals surface area (Å²) in [5.41, 5.74) is -2.28. The van der Waals surface area contributed by atoms with Crippen molar-refractivity contribution in [3.63, 3.8) is 0 Å². The lowest BCUT2D eigenvalue weighted by Crippen LogP contribution is -1.90. The van der Waals surface area contributed by atoms with Crippen LogP contribution in [0, 0.1) is 0 Å². The molecule has 0 N–H and O–H groups in total. The van der Waals surface area contributed by atoms with E-state index >= 15 is 0 Å². The molecule has 0 saturated carbocycles. The minimum atomic E-state index is -0.842. The van der Waals surface area contributed by atoms with Gasteiger partial charge in [-0.05, 0) is 59.7 Å². The molecule has 0 nitrogen and oxygen atoms in total. The lowest BCUT2D eigenvalue weighted by Gasteiger charge is -2.17. The molecule has 0 aliphatic carbocycles. The SMILES string of the molecule is [2H]c1c([2H])c([2H])c(-c2c([2H])c([2H])c([2H])c([2H])c2-c2c3c([2H])c([2H])c([2H])c([2H])c3c(Br)c3c([2H])c([2H])c([2H])c([2H])c23)c([2H])c1[2H]. The summed E-state index contributed by atoms with van der Waals surface area (Å²) in [6.45, 7) is 0. The summed E-state index contributed by atoms with van der Waals surface area (Å²) in [7, 11) is 0. The zero-order chi connectivity index (χ0) is 33.0. The predicted molar refractivity (Wildman–Crippen MR) is 120 cm³/mol. The molecular formula is C26H17Br. The van der Waals surface area contributed by atoms with Gasteiger partial charge in [0.1, 0.15) is 0 Å². The first-order valence-corrected chi connectivity index (χ1v) is 8.48. The van der Waals surface area contributed by atoms with Gasteiger partial charge in [-0.2, -0.15) is 0 Å². The minimum absolute atomic E-state index is 0.129. The van der Waals surface area contributed by atoms with Crippen LogP contribution in [0.1, 0.15) is 23.3 Å². The molecule has 0 radical (unpaired) electrons. The quantitative estimate of drug-likeness (QED) is 0.250. The van der Waals surface area contributed by atoms with E-state index in [1.165, 1.54) is 0 Å². The van der Waals surface area contributed by atoms with Crippen LogP contribution in [0.4, 0.5) is 0 Å². The van der Waals surface area contributed by atoms with Crippen LogP contribution < -0.4 is 0 Å². The van der Waals surface area contributed by atoms with Crippen molar-refractivity contribution < 1.29 is 23.3 Å². The number of fused-ring (bicyclic) bond motifs is 2. The van der Waals surface area contributed by atoms with Crippen LogP contribution in [0.3, 0.4) is 0 Å². The normalized spacial score (nSPS) is 20.0. The second kappa shape index (κ2) is 6.68. The summed E-state index contributed by atoms with van der Waals surface area (Å²) in [5, 5.41) is -1.27. The molecule has 0 amide bonds. The van der Waals surface area contributed by atoms with Gasteiger partial charge in [-0.1, -0.05) is 103 Å². The molecule has 0 heterocycles. The number of rotatable bonds is 2. The van der Waals surface area contributed by atoms with Gasteiger partial charge < -0.3 is 0 Å². The van der Waals surface area contributed by atoms with Crippen molar-refractivity contribution in [2.45, 2.75) is 0 Å². The Balaban J connectivity index is 2.29. The van der Waals surface area contributed by atoms with Crippen LogP contribution in [0.5, 0.6) is 0 Å². The molecule has 5 aromatic rings. The molecule has 0 saturated heterocycles. The maximum absolute atomic E-state index is 8.96. The van der Waals surface area contributed by atoms with E-state index in [-0.39, 0.29) is 26.0 Å². The highest BCUT2D eigenvalue weighted by atomic mass is 79.9. The van der Waals surface area contributed by atoms with Gasteiger partial charge in [0.05, 0.1) is 23.3 Å². The number of halogens is 1. The molecular weight excluding hydrogens is 392 g/mol. The molecule has 0 aromatic heterocycles. The van der Waals surface area contributed by atoms with E-state index in [2.05, 4.69) is 15.9 Å². The topological polar surface area (TPSA) is 0 Å². The maximum Gasteiger partial charge on any atom is 0.0630 e. The first-order valence-electron chi connectivity index (χ1n) is 16.2. The maximum atomic E-state index is 8.96. The van der Waals surface area contributed by atoms with Gasteiger partial charge in [-0.3, -0.25) is 0 Å². The van der Waals surface area contributed by atoms with Crippen LogP contribution in [-0.2, 0) is 0 Å². The molecule has 5 aromatic carbocycles. The summed E-state index contributed by atoms with van der Waals surface area (Å²) >= 11 is 3.27. The molecule has 0 spiro atoms. The Morgan fingerprint density at radius 3 is 1.52 bits per heavy atom. The van der Waals surface area contributed by atoms with Gasteiger partial charge in [0, 0.05) is 4.47 Å². The van der Waals surface area contributed by atoms with E-state index in [0.717, 1.165) is 0 Å². The largest absolute Gasteiger partial charge is 0.0630 e. The second-order valence-electron chi connectivity index (χ2n) is 5.44. The fourth-order valence-corrected chi connectivity index (χ4v) is 3.49. The highest BCUT2D eigenvalue weighted by Gasteiger charge is 2.16. The van der Waals surface area contributed by atoms with Crippen molar-refractivity contribution in [1.29, 1.82) is 0 Å². The average Bonchev–Trinajstić information content (AvgIpc) is 2.99. The third-order valence-corrected chi connectivity index (χ3v) is 4.79.